The summed E-state index contributed by atoms with van der Waals surface area (Å²) in [6.07, 6.45) is 4.66. The van der Waals surface area contributed by atoms with Crippen LogP contribution in [0.3, 0.4) is 0 Å². The fraction of sp³-hybridized carbons (Fsp3) is 0.368. The highest BCUT2D eigenvalue weighted by atomic mass is 16.5. The van der Waals surface area contributed by atoms with Crippen LogP contribution in [0.5, 0.6) is 5.75 Å². The highest BCUT2D eigenvalue weighted by molar-refractivity contribution is 5.42. The van der Waals surface area contributed by atoms with Crippen LogP contribution in [0.1, 0.15) is 31.7 Å². The van der Waals surface area contributed by atoms with E-state index in [1.54, 1.807) is 0 Å². The molecule has 0 aliphatic heterocycles. The third-order valence-corrected chi connectivity index (χ3v) is 3.44. The monoisotopic (exact) mass is 283 g/mol. The van der Waals surface area contributed by atoms with Crippen molar-refractivity contribution in [3.8, 4) is 5.75 Å². The van der Waals surface area contributed by atoms with Gasteiger partial charge in [-0.25, -0.2) is 0 Å². The number of para-hydroxylation sites is 1. The normalized spacial score (nSPS) is 10.3. The van der Waals surface area contributed by atoms with Gasteiger partial charge in [-0.15, -0.1) is 0 Å². The standard InChI is InChI=1S/C19H25NO/c1-2-3-8-17-11-13-19(14-12-17)21-16-7-15-20-18-9-5-4-6-10-18/h4-6,9-14,20H,2-3,7-8,15-16H2,1H3. The molecule has 0 heterocycles. The van der Waals surface area contributed by atoms with E-state index < -0.39 is 0 Å². The summed E-state index contributed by atoms with van der Waals surface area (Å²) in [6, 6.07) is 18.8. The number of nitrogens with one attached hydrogen (secondary N) is 1. The molecule has 0 saturated heterocycles. The highest BCUT2D eigenvalue weighted by Crippen LogP contribution is 2.14. The molecule has 0 saturated carbocycles. The van der Waals surface area contributed by atoms with Crippen LogP contribution in [-0.2, 0) is 6.42 Å². The fourth-order valence-electron chi connectivity index (χ4n) is 2.18. The van der Waals surface area contributed by atoms with Crippen molar-refractivity contribution in [3.05, 3.63) is 60.2 Å². The Kier molecular flexibility index (Phi) is 6.66. The van der Waals surface area contributed by atoms with Crippen molar-refractivity contribution in [2.45, 2.75) is 32.6 Å². The molecule has 21 heavy (non-hydrogen) atoms. The summed E-state index contributed by atoms with van der Waals surface area (Å²) in [4.78, 5) is 0. The Labute approximate surface area is 128 Å². The van der Waals surface area contributed by atoms with Gasteiger partial charge in [-0.2, -0.15) is 0 Å². The Hall–Kier alpha value is -1.96. The average molecular weight is 283 g/mol. The molecule has 0 amide bonds. The van der Waals surface area contributed by atoms with Gasteiger partial charge >= 0.3 is 0 Å². The highest BCUT2D eigenvalue weighted by Gasteiger charge is 1.96. The molecule has 0 fully saturated rings. The van der Waals surface area contributed by atoms with Gasteiger partial charge in [0, 0.05) is 12.2 Å². The van der Waals surface area contributed by atoms with Crippen molar-refractivity contribution in [2.75, 3.05) is 18.5 Å². The molecule has 0 bridgehead atoms. The van der Waals surface area contributed by atoms with Gasteiger partial charge in [0.2, 0.25) is 0 Å². The van der Waals surface area contributed by atoms with E-state index in [0.717, 1.165) is 37.4 Å². The number of aryl methyl sites for hydroxylation is 1. The second-order valence-electron chi connectivity index (χ2n) is 5.24. The van der Waals surface area contributed by atoms with Gasteiger partial charge in [0.15, 0.2) is 0 Å². The topological polar surface area (TPSA) is 21.3 Å². The van der Waals surface area contributed by atoms with Crippen molar-refractivity contribution in [1.29, 1.82) is 0 Å². The maximum absolute atomic E-state index is 5.76. The van der Waals surface area contributed by atoms with E-state index in [1.165, 1.54) is 18.4 Å². The molecule has 2 heteroatoms. The van der Waals surface area contributed by atoms with E-state index in [1.807, 2.05) is 18.2 Å². The fourth-order valence-corrected chi connectivity index (χ4v) is 2.18. The number of unbranched alkanes of at least 4 members (excludes halogenated alkanes) is 1. The second-order valence-corrected chi connectivity index (χ2v) is 5.24. The van der Waals surface area contributed by atoms with Crippen molar-refractivity contribution < 1.29 is 4.74 Å². The lowest BCUT2D eigenvalue weighted by Gasteiger charge is -2.09. The number of ether oxygens (including phenoxy) is 1. The van der Waals surface area contributed by atoms with Crippen molar-refractivity contribution in [1.82, 2.24) is 0 Å². The molecule has 2 aromatic carbocycles. The van der Waals surface area contributed by atoms with E-state index in [4.69, 9.17) is 4.74 Å². The Morgan fingerprint density at radius 2 is 1.67 bits per heavy atom. The van der Waals surface area contributed by atoms with Crippen LogP contribution >= 0.6 is 0 Å². The van der Waals surface area contributed by atoms with E-state index >= 15 is 0 Å². The largest absolute Gasteiger partial charge is 0.494 e. The second kappa shape index (κ2) is 9.06. The lowest BCUT2D eigenvalue weighted by Crippen LogP contribution is -2.07. The lowest BCUT2D eigenvalue weighted by molar-refractivity contribution is 0.315. The minimum atomic E-state index is 0.744. The van der Waals surface area contributed by atoms with Crippen LogP contribution < -0.4 is 10.1 Å². The van der Waals surface area contributed by atoms with Crippen LogP contribution in [0.4, 0.5) is 5.69 Å². The van der Waals surface area contributed by atoms with E-state index in [2.05, 4.69) is 48.6 Å². The third-order valence-electron chi connectivity index (χ3n) is 3.44. The lowest BCUT2D eigenvalue weighted by atomic mass is 10.1. The van der Waals surface area contributed by atoms with Gasteiger partial charge in [-0.3, -0.25) is 0 Å². The first-order valence-electron chi connectivity index (χ1n) is 7.89. The molecule has 2 rings (SSSR count). The average Bonchev–Trinajstić information content (AvgIpc) is 2.55. The van der Waals surface area contributed by atoms with Gasteiger partial charge in [0.1, 0.15) is 5.75 Å². The molecule has 0 aromatic heterocycles. The summed E-state index contributed by atoms with van der Waals surface area (Å²) < 4.78 is 5.76. The zero-order valence-corrected chi connectivity index (χ0v) is 12.8. The molecule has 1 N–H and O–H groups in total. The molecule has 112 valence electrons. The van der Waals surface area contributed by atoms with Crippen molar-refractivity contribution >= 4 is 5.69 Å². The molecule has 2 nitrogen and oxygen atoms in total. The zero-order chi connectivity index (χ0) is 14.8. The van der Waals surface area contributed by atoms with Crippen molar-refractivity contribution in [2.24, 2.45) is 0 Å². The van der Waals surface area contributed by atoms with Gasteiger partial charge < -0.3 is 10.1 Å². The number of benzene rings is 2. The van der Waals surface area contributed by atoms with Crippen molar-refractivity contribution in [3.63, 3.8) is 0 Å². The Morgan fingerprint density at radius 3 is 2.38 bits per heavy atom. The van der Waals surface area contributed by atoms with Crippen LogP contribution in [0.15, 0.2) is 54.6 Å². The molecular weight excluding hydrogens is 258 g/mol. The Bertz CT molecular complexity index is 493. The minimum Gasteiger partial charge on any atom is -0.494 e. The molecule has 0 unspecified atom stereocenters. The summed E-state index contributed by atoms with van der Waals surface area (Å²) in [7, 11) is 0. The predicted molar refractivity (Wildman–Crippen MR) is 90.1 cm³/mol. The molecule has 0 spiro atoms. The first-order chi connectivity index (χ1) is 10.4. The number of anilines is 1. The predicted octanol–water partition coefficient (Wildman–Crippen LogP) is 4.91. The van der Waals surface area contributed by atoms with Crippen LogP contribution in [0.25, 0.3) is 0 Å². The Morgan fingerprint density at radius 1 is 0.905 bits per heavy atom. The zero-order valence-electron chi connectivity index (χ0n) is 12.8. The summed E-state index contributed by atoms with van der Waals surface area (Å²) in [5.74, 6) is 0.968. The first-order valence-corrected chi connectivity index (χ1v) is 7.89. The maximum atomic E-state index is 5.76. The van der Waals surface area contributed by atoms with E-state index in [9.17, 15) is 0 Å². The van der Waals surface area contributed by atoms with E-state index in [-0.39, 0.29) is 0 Å². The molecule has 0 aliphatic rings. The van der Waals surface area contributed by atoms with Gasteiger partial charge in [0.25, 0.3) is 0 Å². The van der Waals surface area contributed by atoms with Crippen LogP contribution in [0, 0.1) is 0 Å². The van der Waals surface area contributed by atoms with Crippen LogP contribution in [0.2, 0.25) is 0 Å². The summed E-state index contributed by atoms with van der Waals surface area (Å²) >= 11 is 0. The van der Waals surface area contributed by atoms with Gasteiger partial charge in [-0.05, 0) is 49.1 Å². The molecule has 0 atom stereocenters. The first kappa shape index (κ1) is 15.4. The third kappa shape index (κ3) is 5.90. The summed E-state index contributed by atoms with van der Waals surface area (Å²) in [6.45, 7) is 3.90. The van der Waals surface area contributed by atoms with Gasteiger partial charge in [-0.1, -0.05) is 43.7 Å². The maximum Gasteiger partial charge on any atom is 0.119 e. The number of hydrogen-bond acceptors (Lipinski definition) is 2. The smallest absolute Gasteiger partial charge is 0.119 e. The van der Waals surface area contributed by atoms with E-state index in [0.29, 0.717) is 0 Å². The molecular formula is C19H25NO. The quantitative estimate of drug-likeness (QED) is 0.660. The number of rotatable bonds is 9. The summed E-state index contributed by atoms with van der Waals surface area (Å²) in [5, 5.41) is 3.38. The number of hydrogen-bond donors (Lipinski definition) is 1. The minimum absolute atomic E-state index is 0.744. The summed E-state index contributed by atoms with van der Waals surface area (Å²) in [5.41, 5.74) is 2.56. The molecule has 0 radical (unpaired) electrons. The van der Waals surface area contributed by atoms with Crippen LogP contribution in [-0.4, -0.2) is 13.2 Å². The van der Waals surface area contributed by atoms with Gasteiger partial charge in [0.05, 0.1) is 6.61 Å². The Balaban J connectivity index is 1.62. The SMILES string of the molecule is CCCCc1ccc(OCCCNc2ccccc2)cc1. The molecule has 2 aromatic rings. The molecule has 0 aliphatic carbocycles.